The standard InChI is InChI=1S/C64H117O11P/c1-4-7-10-13-16-19-22-25-27-29-30-32-33-36-38-41-44-47-50-53-62(66)71-57-61(75-64(68)55-52-49-46-43-40-37-34-31-28-26-23-20-17-14-11-8-5-2)59-73-76(69,70)72-58-60(56-65)74-63(67)54-51-48-45-42-39-35-24-21-18-15-12-9-6-3/h16,19,21,24-28,60-61,65H,4-15,17-18,20,22-23,29-59H2,1-3H3,(H,69,70)/b19-16-,24-21-,27-25-,28-26-. The van der Waals surface area contributed by atoms with Crippen molar-refractivity contribution in [2.24, 2.45) is 0 Å². The highest BCUT2D eigenvalue weighted by Gasteiger charge is 2.28. The zero-order valence-electron chi connectivity index (χ0n) is 49.2. The number of hydrogen-bond acceptors (Lipinski definition) is 10. The molecule has 0 heterocycles. The summed E-state index contributed by atoms with van der Waals surface area (Å²) in [5.41, 5.74) is 0. The molecule has 0 aromatic rings. The van der Waals surface area contributed by atoms with Crippen molar-refractivity contribution in [2.45, 2.75) is 315 Å². The smallest absolute Gasteiger partial charge is 0.462 e. The summed E-state index contributed by atoms with van der Waals surface area (Å²) in [7, 11) is -4.75. The minimum Gasteiger partial charge on any atom is -0.462 e. The maximum atomic E-state index is 12.9. The van der Waals surface area contributed by atoms with Crippen molar-refractivity contribution in [1.82, 2.24) is 0 Å². The Bertz CT molecular complexity index is 1460. The number of aliphatic hydroxyl groups excluding tert-OH is 1. The molecule has 0 spiro atoms. The molecule has 0 amide bonds. The summed E-state index contributed by atoms with van der Waals surface area (Å²) in [5, 5.41) is 9.83. The van der Waals surface area contributed by atoms with Crippen molar-refractivity contribution in [3.05, 3.63) is 48.6 Å². The molecular formula is C64H117O11P. The van der Waals surface area contributed by atoms with Gasteiger partial charge in [-0.1, -0.05) is 230 Å². The van der Waals surface area contributed by atoms with E-state index in [1.165, 1.54) is 148 Å². The largest absolute Gasteiger partial charge is 0.472 e. The van der Waals surface area contributed by atoms with Crippen molar-refractivity contribution in [1.29, 1.82) is 0 Å². The highest BCUT2D eigenvalue weighted by atomic mass is 31.2. The molecule has 0 saturated heterocycles. The summed E-state index contributed by atoms with van der Waals surface area (Å²) < 4.78 is 39.6. The van der Waals surface area contributed by atoms with Gasteiger partial charge in [0, 0.05) is 19.3 Å². The van der Waals surface area contributed by atoms with Crippen molar-refractivity contribution in [3.63, 3.8) is 0 Å². The van der Waals surface area contributed by atoms with Crippen LogP contribution in [0.2, 0.25) is 0 Å². The summed E-state index contributed by atoms with van der Waals surface area (Å²) in [6.45, 7) is 4.63. The van der Waals surface area contributed by atoms with Gasteiger partial charge in [0.2, 0.25) is 0 Å². The summed E-state index contributed by atoms with van der Waals surface area (Å²) in [6, 6.07) is 0. The van der Waals surface area contributed by atoms with Crippen molar-refractivity contribution in [2.75, 3.05) is 26.4 Å². The van der Waals surface area contributed by atoms with Gasteiger partial charge in [-0.3, -0.25) is 23.4 Å². The average Bonchev–Trinajstić information content (AvgIpc) is 3.41. The first-order valence-corrected chi connectivity index (χ1v) is 33.0. The van der Waals surface area contributed by atoms with E-state index in [1.54, 1.807) is 0 Å². The predicted molar refractivity (Wildman–Crippen MR) is 316 cm³/mol. The minimum atomic E-state index is -4.75. The summed E-state index contributed by atoms with van der Waals surface area (Å²) >= 11 is 0. The summed E-state index contributed by atoms with van der Waals surface area (Å²) in [6.07, 6.45) is 63.4. The quantitative estimate of drug-likeness (QED) is 0.0197. The maximum Gasteiger partial charge on any atom is 0.472 e. The Hall–Kier alpha value is -2.56. The van der Waals surface area contributed by atoms with Crippen LogP contribution in [-0.4, -0.2) is 66.5 Å². The Balaban J connectivity index is 4.70. The van der Waals surface area contributed by atoms with Gasteiger partial charge in [-0.05, 0) is 103 Å². The third kappa shape index (κ3) is 56.2. The summed E-state index contributed by atoms with van der Waals surface area (Å²) in [4.78, 5) is 48.7. The topological polar surface area (TPSA) is 155 Å². The van der Waals surface area contributed by atoms with E-state index in [1.807, 2.05) is 0 Å². The molecule has 12 heteroatoms. The van der Waals surface area contributed by atoms with Crippen molar-refractivity contribution in [3.8, 4) is 0 Å². The van der Waals surface area contributed by atoms with Crippen LogP contribution >= 0.6 is 7.82 Å². The van der Waals surface area contributed by atoms with Gasteiger partial charge in [0.15, 0.2) is 6.10 Å². The first-order chi connectivity index (χ1) is 37.2. The molecule has 0 aliphatic carbocycles. The number of carbonyl (C=O) groups is 3. The number of unbranched alkanes of at least 4 members (excludes halogenated alkanes) is 34. The lowest BCUT2D eigenvalue weighted by Gasteiger charge is -2.21. The van der Waals surface area contributed by atoms with Crippen molar-refractivity contribution >= 4 is 25.7 Å². The first kappa shape index (κ1) is 73.4. The number of carbonyl (C=O) groups excluding carboxylic acids is 3. The minimum absolute atomic E-state index is 0.163. The van der Waals surface area contributed by atoms with Gasteiger partial charge in [-0.15, -0.1) is 0 Å². The second-order valence-corrected chi connectivity index (χ2v) is 22.7. The normalized spacial score (nSPS) is 13.6. The number of esters is 3. The summed E-state index contributed by atoms with van der Waals surface area (Å²) in [5.74, 6) is -1.47. The number of allylic oxidation sites excluding steroid dienone is 8. The Morgan fingerprint density at radius 2 is 0.645 bits per heavy atom. The predicted octanol–water partition coefficient (Wildman–Crippen LogP) is 18.9. The lowest BCUT2D eigenvalue weighted by molar-refractivity contribution is -0.161. The molecule has 0 fully saturated rings. The highest BCUT2D eigenvalue weighted by molar-refractivity contribution is 7.47. The van der Waals surface area contributed by atoms with Crippen LogP contribution in [0.5, 0.6) is 0 Å². The van der Waals surface area contributed by atoms with Crippen LogP contribution in [0.3, 0.4) is 0 Å². The number of ether oxygens (including phenoxy) is 3. The van der Waals surface area contributed by atoms with E-state index >= 15 is 0 Å². The van der Waals surface area contributed by atoms with E-state index < -0.39 is 57.8 Å². The van der Waals surface area contributed by atoms with Gasteiger partial charge in [0.1, 0.15) is 12.7 Å². The Morgan fingerprint density at radius 1 is 0.368 bits per heavy atom. The second kappa shape index (κ2) is 58.6. The second-order valence-electron chi connectivity index (χ2n) is 21.2. The lowest BCUT2D eigenvalue weighted by Crippen LogP contribution is -2.30. The molecule has 0 saturated carbocycles. The van der Waals surface area contributed by atoms with Gasteiger partial charge in [0.25, 0.3) is 0 Å². The number of hydrogen-bond donors (Lipinski definition) is 2. The molecule has 11 nitrogen and oxygen atoms in total. The Morgan fingerprint density at radius 3 is 1.03 bits per heavy atom. The number of aliphatic hydroxyl groups is 1. The SMILES string of the molecule is CCCCC/C=C\C/C=C\CCCCCCCCCCCC(=O)OCC(COP(=O)(O)OCC(CO)OC(=O)CCCCCCC/C=C\CCCCCC)OC(=O)CCCCCCCCC/C=C\CCCCCCCC. The van der Waals surface area contributed by atoms with E-state index in [0.717, 1.165) is 96.3 Å². The zero-order valence-corrected chi connectivity index (χ0v) is 50.1. The van der Waals surface area contributed by atoms with E-state index in [9.17, 15) is 28.9 Å². The van der Waals surface area contributed by atoms with Crippen molar-refractivity contribution < 1.29 is 52.2 Å². The maximum absolute atomic E-state index is 12.9. The fraction of sp³-hybridized carbons (Fsp3) is 0.828. The molecule has 3 atom stereocenters. The number of phosphoric acid groups is 1. The molecule has 0 bridgehead atoms. The van der Waals surface area contributed by atoms with E-state index in [4.69, 9.17) is 23.3 Å². The van der Waals surface area contributed by atoms with Gasteiger partial charge < -0.3 is 24.2 Å². The zero-order chi connectivity index (χ0) is 55.5. The molecule has 2 N–H and O–H groups in total. The molecule has 3 unspecified atom stereocenters. The average molecular weight is 1090 g/mol. The molecule has 0 radical (unpaired) electrons. The Labute approximate surface area is 466 Å². The molecular weight excluding hydrogens is 976 g/mol. The molecule has 0 aromatic carbocycles. The van der Waals surface area contributed by atoms with Crippen LogP contribution in [0, 0.1) is 0 Å². The van der Waals surface area contributed by atoms with E-state index in [-0.39, 0.29) is 25.9 Å². The number of phosphoric ester groups is 1. The lowest BCUT2D eigenvalue weighted by atomic mass is 10.1. The van der Waals surface area contributed by atoms with E-state index in [2.05, 4.69) is 69.4 Å². The molecule has 444 valence electrons. The number of rotatable bonds is 59. The van der Waals surface area contributed by atoms with Crippen LogP contribution in [0.15, 0.2) is 48.6 Å². The molecule has 0 aromatic heterocycles. The third-order valence-electron chi connectivity index (χ3n) is 13.7. The van der Waals surface area contributed by atoms with Crippen LogP contribution < -0.4 is 0 Å². The molecule has 0 aliphatic heterocycles. The van der Waals surface area contributed by atoms with Gasteiger partial charge in [0.05, 0.1) is 19.8 Å². The third-order valence-corrected chi connectivity index (χ3v) is 14.6. The van der Waals surface area contributed by atoms with Gasteiger partial charge >= 0.3 is 25.7 Å². The highest BCUT2D eigenvalue weighted by Crippen LogP contribution is 2.43. The monoisotopic (exact) mass is 1090 g/mol. The molecule has 76 heavy (non-hydrogen) atoms. The Kier molecular flexibility index (Phi) is 56.6. The van der Waals surface area contributed by atoms with Gasteiger partial charge in [-0.2, -0.15) is 0 Å². The first-order valence-electron chi connectivity index (χ1n) is 31.5. The van der Waals surface area contributed by atoms with E-state index in [0.29, 0.717) is 19.3 Å². The van der Waals surface area contributed by atoms with Crippen LogP contribution in [0.1, 0.15) is 303 Å². The van der Waals surface area contributed by atoms with Crippen LogP contribution in [0.25, 0.3) is 0 Å². The fourth-order valence-electron chi connectivity index (χ4n) is 8.85. The van der Waals surface area contributed by atoms with Crippen LogP contribution in [-0.2, 0) is 42.2 Å². The van der Waals surface area contributed by atoms with Crippen LogP contribution in [0.4, 0.5) is 0 Å². The fourth-order valence-corrected chi connectivity index (χ4v) is 9.63. The van der Waals surface area contributed by atoms with Gasteiger partial charge in [-0.25, -0.2) is 4.57 Å². The molecule has 0 aliphatic rings. The molecule has 0 rings (SSSR count).